The molecule has 0 aromatic heterocycles. The summed E-state index contributed by atoms with van der Waals surface area (Å²) >= 11 is 0. The standard InChI is InChI=1S/C20H20N2O2/c1-14-7-3-6-10-18(14)21-20(24)13-19-17-9-5-4-8-16(17)11-12-22(19)15(2)23/h3-12,19H,13H2,1-2H3,(H,21,24)/t19-/m1/s1. The zero-order valence-corrected chi connectivity index (χ0v) is 13.8. The van der Waals surface area contributed by atoms with Crippen molar-refractivity contribution in [1.29, 1.82) is 0 Å². The van der Waals surface area contributed by atoms with Crippen molar-refractivity contribution in [2.45, 2.75) is 26.3 Å². The van der Waals surface area contributed by atoms with Gasteiger partial charge in [0.2, 0.25) is 11.8 Å². The van der Waals surface area contributed by atoms with E-state index in [0.29, 0.717) is 0 Å². The van der Waals surface area contributed by atoms with Gasteiger partial charge in [-0.3, -0.25) is 9.59 Å². The maximum Gasteiger partial charge on any atom is 0.226 e. The maximum atomic E-state index is 12.5. The number of anilines is 1. The van der Waals surface area contributed by atoms with Crippen LogP contribution >= 0.6 is 0 Å². The third-order valence-electron chi connectivity index (χ3n) is 4.27. The third-order valence-corrected chi connectivity index (χ3v) is 4.27. The third kappa shape index (κ3) is 3.23. The van der Waals surface area contributed by atoms with Gasteiger partial charge < -0.3 is 10.2 Å². The number of nitrogens with one attached hydrogen (secondary N) is 1. The first-order chi connectivity index (χ1) is 11.6. The number of carbonyl (C=O) groups excluding carboxylic acids is 2. The molecule has 0 unspecified atom stereocenters. The number of carbonyl (C=O) groups is 2. The number of nitrogens with zero attached hydrogens (tertiary/aromatic N) is 1. The molecule has 1 atom stereocenters. The van der Waals surface area contributed by atoms with E-state index in [-0.39, 0.29) is 24.3 Å². The van der Waals surface area contributed by atoms with Crippen molar-refractivity contribution in [3.63, 3.8) is 0 Å². The molecule has 0 radical (unpaired) electrons. The summed E-state index contributed by atoms with van der Waals surface area (Å²) in [7, 11) is 0. The molecule has 24 heavy (non-hydrogen) atoms. The highest BCUT2D eigenvalue weighted by Gasteiger charge is 2.28. The smallest absolute Gasteiger partial charge is 0.226 e. The molecule has 2 aromatic rings. The van der Waals surface area contributed by atoms with E-state index >= 15 is 0 Å². The first-order valence-corrected chi connectivity index (χ1v) is 7.98. The molecule has 0 spiro atoms. The molecule has 0 saturated heterocycles. The Labute approximate surface area is 141 Å². The number of hydrogen-bond donors (Lipinski definition) is 1. The molecule has 1 N–H and O–H groups in total. The number of rotatable bonds is 3. The Kier molecular flexibility index (Phi) is 4.47. The van der Waals surface area contributed by atoms with Crippen molar-refractivity contribution >= 4 is 23.6 Å². The van der Waals surface area contributed by atoms with Crippen molar-refractivity contribution in [2.24, 2.45) is 0 Å². The van der Waals surface area contributed by atoms with Crippen molar-refractivity contribution in [3.05, 3.63) is 71.4 Å². The van der Waals surface area contributed by atoms with Gasteiger partial charge in [0, 0.05) is 18.8 Å². The number of aryl methyl sites for hydroxylation is 1. The Morgan fingerprint density at radius 1 is 1.08 bits per heavy atom. The lowest BCUT2D eigenvalue weighted by molar-refractivity contribution is -0.129. The average Bonchev–Trinajstić information content (AvgIpc) is 2.57. The summed E-state index contributed by atoms with van der Waals surface area (Å²) in [4.78, 5) is 26.1. The highest BCUT2D eigenvalue weighted by Crippen LogP contribution is 2.33. The SMILES string of the molecule is CC(=O)N1C=Cc2ccccc2[C@H]1CC(=O)Nc1ccccc1C. The Hall–Kier alpha value is -2.88. The summed E-state index contributed by atoms with van der Waals surface area (Å²) in [5, 5.41) is 2.95. The van der Waals surface area contributed by atoms with Crippen LogP contribution in [0.2, 0.25) is 0 Å². The first kappa shape index (κ1) is 16.0. The fourth-order valence-corrected chi connectivity index (χ4v) is 3.00. The van der Waals surface area contributed by atoms with E-state index < -0.39 is 0 Å². The second-order valence-electron chi connectivity index (χ2n) is 5.95. The summed E-state index contributed by atoms with van der Waals surface area (Å²) in [6.45, 7) is 3.47. The van der Waals surface area contributed by atoms with Crippen LogP contribution < -0.4 is 5.32 Å². The van der Waals surface area contributed by atoms with Gasteiger partial charge in [-0.1, -0.05) is 42.5 Å². The van der Waals surface area contributed by atoms with Gasteiger partial charge in [-0.15, -0.1) is 0 Å². The van der Waals surface area contributed by atoms with E-state index in [0.717, 1.165) is 22.4 Å². The molecule has 3 rings (SSSR count). The Bertz CT molecular complexity index is 811. The summed E-state index contributed by atoms with van der Waals surface area (Å²) < 4.78 is 0. The van der Waals surface area contributed by atoms with Gasteiger partial charge in [-0.25, -0.2) is 0 Å². The van der Waals surface area contributed by atoms with Gasteiger partial charge in [0.15, 0.2) is 0 Å². The summed E-state index contributed by atoms with van der Waals surface area (Å²) in [6.07, 6.45) is 3.89. The molecule has 1 aliphatic rings. The quantitative estimate of drug-likeness (QED) is 0.932. The van der Waals surface area contributed by atoms with Crippen LogP contribution in [0.25, 0.3) is 6.08 Å². The fourth-order valence-electron chi connectivity index (χ4n) is 3.00. The van der Waals surface area contributed by atoms with E-state index in [9.17, 15) is 9.59 Å². The van der Waals surface area contributed by atoms with Gasteiger partial charge in [-0.05, 0) is 35.8 Å². The number of para-hydroxylation sites is 1. The Morgan fingerprint density at radius 2 is 1.79 bits per heavy atom. The minimum Gasteiger partial charge on any atom is -0.326 e. The first-order valence-electron chi connectivity index (χ1n) is 7.98. The fraction of sp³-hybridized carbons (Fsp3) is 0.200. The average molecular weight is 320 g/mol. The van der Waals surface area contributed by atoms with E-state index in [1.54, 1.807) is 11.1 Å². The van der Waals surface area contributed by atoms with Gasteiger partial charge in [0.05, 0.1) is 12.5 Å². The molecule has 0 fully saturated rings. The summed E-state index contributed by atoms with van der Waals surface area (Å²) in [5.41, 5.74) is 3.86. The summed E-state index contributed by atoms with van der Waals surface area (Å²) in [5.74, 6) is -0.180. The molecular weight excluding hydrogens is 300 g/mol. The molecule has 4 nitrogen and oxygen atoms in total. The highest BCUT2D eigenvalue weighted by atomic mass is 16.2. The van der Waals surface area contributed by atoms with E-state index in [2.05, 4.69) is 5.32 Å². The van der Waals surface area contributed by atoms with Crippen LogP contribution in [-0.4, -0.2) is 16.7 Å². The number of hydrogen-bond acceptors (Lipinski definition) is 2. The van der Waals surface area contributed by atoms with E-state index in [1.165, 1.54) is 6.92 Å². The van der Waals surface area contributed by atoms with Gasteiger partial charge >= 0.3 is 0 Å². The number of amides is 2. The lowest BCUT2D eigenvalue weighted by Gasteiger charge is -2.32. The normalized spacial score (nSPS) is 15.8. The molecule has 2 aromatic carbocycles. The lowest BCUT2D eigenvalue weighted by atomic mass is 9.93. The molecule has 0 saturated carbocycles. The van der Waals surface area contributed by atoms with Crippen molar-refractivity contribution < 1.29 is 9.59 Å². The highest BCUT2D eigenvalue weighted by molar-refractivity contribution is 5.92. The van der Waals surface area contributed by atoms with E-state index in [1.807, 2.05) is 61.5 Å². The van der Waals surface area contributed by atoms with Crippen LogP contribution in [0.4, 0.5) is 5.69 Å². The molecule has 1 aliphatic heterocycles. The topological polar surface area (TPSA) is 49.4 Å². The molecule has 1 heterocycles. The predicted molar refractivity (Wildman–Crippen MR) is 95.2 cm³/mol. The van der Waals surface area contributed by atoms with Crippen LogP contribution in [0.3, 0.4) is 0 Å². The van der Waals surface area contributed by atoms with Crippen molar-refractivity contribution in [3.8, 4) is 0 Å². The molecule has 2 amide bonds. The van der Waals surface area contributed by atoms with Crippen molar-refractivity contribution in [1.82, 2.24) is 4.90 Å². The molecule has 4 heteroatoms. The maximum absolute atomic E-state index is 12.5. The molecule has 0 aliphatic carbocycles. The second-order valence-corrected chi connectivity index (χ2v) is 5.95. The van der Waals surface area contributed by atoms with Gasteiger partial charge in [-0.2, -0.15) is 0 Å². The van der Waals surface area contributed by atoms with E-state index in [4.69, 9.17) is 0 Å². The van der Waals surface area contributed by atoms with Gasteiger partial charge in [0.1, 0.15) is 0 Å². The molecule has 122 valence electrons. The van der Waals surface area contributed by atoms with Gasteiger partial charge in [0.25, 0.3) is 0 Å². The Balaban J connectivity index is 1.83. The number of benzene rings is 2. The second kappa shape index (κ2) is 6.71. The monoisotopic (exact) mass is 320 g/mol. The van der Waals surface area contributed by atoms with Crippen LogP contribution in [-0.2, 0) is 9.59 Å². The zero-order chi connectivity index (χ0) is 17.1. The Morgan fingerprint density at radius 3 is 2.54 bits per heavy atom. The number of fused-ring (bicyclic) bond motifs is 1. The van der Waals surface area contributed by atoms with Crippen LogP contribution in [0, 0.1) is 6.92 Å². The lowest BCUT2D eigenvalue weighted by Crippen LogP contribution is -2.33. The van der Waals surface area contributed by atoms with Crippen LogP contribution in [0.1, 0.15) is 36.1 Å². The predicted octanol–water partition coefficient (Wildman–Crippen LogP) is 3.90. The molecule has 0 bridgehead atoms. The summed E-state index contributed by atoms with van der Waals surface area (Å²) in [6, 6.07) is 15.2. The van der Waals surface area contributed by atoms with Crippen molar-refractivity contribution in [2.75, 3.05) is 5.32 Å². The van der Waals surface area contributed by atoms with Crippen LogP contribution in [0.15, 0.2) is 54.7 Å². The minimum atomic E-state index is -0.285. The zero-order valence-electron chi connectivity index (χ0n) is 13.8. The largest absolute Gasteiger partial charge is 0.326 e. The van der Waals surface area contributed by atoms with Crippen LogP contribution in [0.5, 0.6) is 0 Å². The minimum absolute atomic E-state index is 0.0746. The molecular formula is C20H20N2O2.